The zero-order valence-electron chi connectivity index (χ0n) is 8.21. The van der Waals surface area contributed by atoms with Crippen molar-refractivity contribution in [1.29, 1.82) is 0 Å². The van der Waals surface area contributed by atoms with E-state index in [1.807, 2.05) is 0 Å². The monoisotopic (exact) mass is 172 g/mol. The lowest BCUT2D eigenvalue weighted by atomic mass is 10.00. The summed E-state index contributed by atoms with van der Waals surface area (Å²) < 4.78 is 10.5. The number of hydrogen-bond acceptors (Lipinski definition) is 2. The van der Waals surface area contributed by atoms with Crippen LogP contribution in [0.4, 0.5) is 0 Å². The van der Waals surface area contributed by atoms with Gasteiger partial charge in [0.25, 0.3) is 0 Å². The van der Waals surface area contributed by atoms with Gasteiger partial charge < -0.3 is 9.47 Å². The Kier molecular flexibility index (Phi) is 4.62. The Morgan fingerprint density at radius 2 is 1.42 bits per heavy atom. The minimum Gasteiger partial charge on any atom is -0.356 e. The first kappa shape index (κ1) is 10.0. The molecular formula is C10H20O2. The average Bonchev–Trinajstić information content (AvgIpc) is 2.35. The van der Waals surface area contributed by atoms with Gasteiger partial charge in [0, 0.05) is 20.1 Å². The molecule has 0 saturated heterocycles. The van der Waals surface area contributed by atoms with Gasteiger partial charge >= 0.3 is 0 Å². The van der Waals surface area contributed by atoms with Crippen LogP contribution in [-0.2, 0) is 9.47 Å². The van der Waals surface area contributed by atoms with Gasteiger partial charge in [0.15, 0.2) is 6.29 Å². The van der Waals surface area contributed by atoms with Crippen molar-refractivity contribution in [1.82, 2.24) is 0 Å². The molecule has 1 rings (SSSR count). The highest BCUT2D eigenvalue weighted by molar-refractivity contribution is 4.67. The van der Waals surface area contributed by atoms with E-state index < -0.39 is 0 Å². The lowest BCUT2D eigenvalue weighted by Gasteiger charge is -2.22. The van der Waals surface area contributed by atoms with Gasteiger partial charge in [-0.1, -0.05) is 25.7 Å². The Morgan fingerprint density at radius 1 is 0.917 bits per heavy atom. The van der Waals surface area contributed by atoms with Crippen LogP contribution in [0.1, 0.15) is 38.5 Å². The summed E-state index contributed by atoms with van der Waals surface area (Å²) in [5.41, 5.74) is 0. The Hall–Kier alpha value is -0.0800. The fourth-order valence-electron chi connectivity index (χ4n) is 2.06. The molecule has 0 spiro atoms. The van der Waals surface area contributed by atoms with Gasteiger partial charge in [-0.25, -0.2) is 0 Å². The molecule has 1 saturated carbocycles. The molecule has 0 amide bonds. The van der Waals surface area contributed by atoms with Crippen molar-refractivity contribution in [2.24, 2.45) is 5.92 Å². The van der Waals surface area contributed by atoms with E-state index in [0.717, 1.165) is 0 Å². The predicted molar refractivity (Wildman–Crippen MR) is 49.0 cm³/mol. The molecule has 0 aliphatic heterocycles. The predicted octanol–water partition coefficient (Wildman–Crippen LogP) is 2.58. The summed E-state index contributed by atoms with van der Waals surface area (Å²) >= 11 is 0. The summed E-state index contributed by atoms with van der Waals surface area (Å²) in [4.78, 5) is 0. The minimum absolute atomic E-state index is 0.0306. The lowest BCUT2D eigenvalue weighted by molar-refractivity contribution is -0.139. The molecule has 0 atom stereocenters. The fraction of sp³-hybridized carbons (Fsp3) is 1.00. The molecule has 0 aromatic rings. The highest BCUT2D eigenvalue weighted by Gasteiger charge is 2.21. The molecule has 1 aliphatic rings. The van der Waals surface area contributed by atoms with E-state index in [1.54, 1.807) is 14.2 Å². The summed E-state index contributed by atoms with van der Waals surface area (Å²) in [7, 11) is 3.47. The standard InChI is InChI=1S/C10H20O2/c1-11-10(12-2)9-7-5-3-4-6-8-9/h9-10H,3-8H2,1-2H3. The van der Waals surface area contributed by atoms with Crippen molar-refractivity contribution in [2.75, 3.05) is 14.2 Å². The van der Waals surface area contributed by atoms with Crippen LogP contribution >= 0.6 is 0 Å². The number of methoxy groups -OCH3 is 2. The smallest absolute Gasteiger partial charge is 0.159 e. The number of ether oxygens (including phenoxy) is 2. The van der Waals surface area contributed by atoms with Crippen molar-refractivity contribution >= 4 is 0 Å². The molecule has 0 heterocycles. The number of rotatable bonds is 3. The van der Waals surface area contributed by atoms with Gasteiger partial charge in [-0.3, -0.25) is 0 Å². The lowest BCUT2D eigenvalue weighted by Crippen LogP contribution is -2.24. The Bertz CT molecular complexity index is 102. The van der Waals surface area contributed by atoms with Crippen LogP contribution in [0, 0.1) is 5.92 Å². The first-order valence-electron chi connectivity index (χ1n) is 4.94. The first-order valence-corrected chi connectivity index (χ1v) is 4.94. The van der Waals surface area contributed by atoms with Gasteiger partial charge in [0.2, 0.25) is 0 Å². The molecule has 0 N–H and O–H groups in total. The van der Waals surface area contributed by atoms with E-state index in [2.05, 4.69) is 0 Å². The molecule has 0 radical (unpaired) electrons. The summed E-state index contributed by atoms with van der Waals surface area (Å²) in [5.74, 6) is 0.627. The Balaban J connectivity index is 2.35. The molecular weight excluding hydrogens is 152 g/mol. The van der Waals surface area contributed by atoms with Crippen molar-refractivity contribution < 1.29 is 9.47 Å². The Morgan fingerprint density at radius 3 is 1.83 bits per heavy atom. The summed E-state index contributed by atoms with van der Waals surface area (Å²) in [5, 5.41) is 0. The van der Waals surface area contributed by atoms with E-state index in [1.165, 1.54) is 38.5 Å². The van der Waals surface area contributed by atoms with E-state index in [0.29, 0.717) is 5.92 Å². The second-order valence-corrected chi connectivity index (χ2v) is 3.59. The maximum Gasteiger partial charge on any atom is 0.159 e. The van der Waals surface area contributed by atoms with Crippen molar-refractivity contribution in [2.45, 2.75) is 44.8 Å². The molecule has 72 valence electrons. The van der Waals surface area contributed by atoms with Gasteiger partial charge in [0.1, 0.15) is 0 Å². The van der Waals surface area contributed by atoms with Crippen LogP contribution in [0.5, 0.6) is 0 Å². The SMILES string of the molecule is COC(OC)C1CCCCCC1. The molecule has 1 aliphatic carbocycles. The third-order valence-electron chi connectivity index (χ3n) is 2.75. The van der Waals surface area contributed by atoms with Crippen molar-refractivity contribution in [3.8, 4) is 0 Å². The molecule has 0 aromatic heterocycles. The van der Waals surface area contributed by atoms with Gasteiger partial charge in [0.05, 0.1) is 0 Å². The van der Waals surface area contributed by atoms with Crippen LogP contribution < -0.4 is 0 Å². The summed E-state index contributed by atoms with van der Waals surface area (Å²) in [6, 6.07) is 0. The quantitative estimate of drug-likeness (QED) is 0.481. The zero-order chi connectivity index (χ0) is 8.81. The molecule has 2 nitrogen and oxygen atoms in total. The van der Waals surface area contributed by atoms with Crippen LogP contribution in [0.15, 0.2) is 0 Å². The first-order chi connectivity index (χ1) is 5.88. The Labute approximate surface area is 75.2 Å². The van der Waals surface area contributed by atoms with Crippen molar-refractivity contribution in [3.63, 3.8) is 0 Å². The van der Waals surface area contributed by atoms with Gasteiger partial charge in [-0.05, 0) is 12.8 Å². The largest absolute Gasteiger partial charge is 0.356 e. The third-order valence-corrected chi connectivity index (χ3v) is 2.75. The molecule has 1 fully saturated rings. The van der Waals surface area contributed by atoms with Crippen LogP contribution in [0.3, 0.4) is 0 Å². The normalized spacial score (nSPS) is 21.2. The van der Waals surface area contributed by atoms with E-state index in [9.17, 15) is 0 Å². The molecule has 0 unspecified atom stereocenters. The van der Waals surface area contributed by atoms with Crippen molar-refractivity contribution in [3.05, 3.63) is 0 Å². The summed E-state index contributed by atoms with van der Waals surface area (Å²) in [6.45, 7) is 0. The van der Waals surface area contributed by atoms with Crippen LogP contribution in [0.25, 0.3) is 0 Å². The molecule has 0 aromatic carbocycles. The van der Waals surface area contributed by atoms with E-state index in [-0.39, 0.29) is 6.29 Å². The molecule has 0 bridgehead atoms. The number of hydrogen-bond donors (Lipinski definition) is 0. The van der Waals surface area contributed by atoms with Crippen LogP contribution in [0.2, 0.25) is 0 Å². The summed E-state index contributed by atoms with van der Waals surface area (Å²) in [6.07, 6.45) is 8.02. The highest BCUT2D eigenvalue weighted by Crippen LogP contribution is 2.26. The van der Waals surface area contributed by atoms with Crippen LogP contribution in [-0.4, -0.2) is 20.5 Å². The molecule has 12 heavy (non-hydrogen) atoms. The van der Waals surface area contributed by atoms with E-state index >= 15 is 0 Å². The topological polar surface area (TPSA) is 18.5 Å². The zero-order valence-corrected chi connectivity index (χ0v) is 8.21. The minimum atomic E-state index is 0.0306. The van der Waals surface area contributed by atoms with Gasteiger partial charge in [-0.2, -0.15) is 0 Å². The fourth-order valence-corrected chi connectivity index (χ4v) is 2.06. The second kappa shape index (κ2) is 5.55. The average molecular weight is 172 g/mol. The highest BCUT2D eigenvalue weighted by atomic mass is 16.7. The maximum atomic E-state index is 5.27. The maximum absolute atomic E-state index is 5.27. The second-order valence-electron chi connectivity index (χ2n) is 3.59. The third kappa shape index (κ3) is 2.76. The van der Waals surface area contributed by atoms with E-state index in [4.69, 9.17) is 9.47 Å². The van der Waals surface area contributed by atoms with Gasteiger partial charge in [-0.15, -0.1) is 0 Å². The molecule has 2 heteroatoms.